The van der Waals surface area contributed by atoms with Gasteiger partial charge in [0.25, 0.3) is 0 Å². The number of nitriles is 1. The van der Waals surface area contributed by atoms with E-state index in [-0.39, 0.29) is 0 Å². The van der Waals surface area contributed by atoms with Gasteiger partial charge < -0.3 is 10.5 Å². The van der Waals surface area contributed by atoms with Gasteiger partial charge in [-0.1, -0.05) is 0 Å². The predicted octanol–water partition coefficient (Wildman–Crippen LogP) is 1.27. The van der Waals surface area contributed by atoms with Crippen LogP contribution in [0, 0.1) is 11.3 Å². The Hall–Kier alpha value is -1.25. The normalized spacial score (nSPS) is 9.71. The standard InChI is InChI=1S/C9H11N3OS/c1-13-2-3-14-8-4-9(11)12-6-7(8)5-10/h4,6H,2-3H2,1H3,(H2,11,12). The average molecular weight is 209 g/mol. The molecule has 0 bridgehead atoms. The van der Waals surface area contributed by atoms with Gasteiger partial charge in [-0.25, -0.2) is 4.98 Å². The van der Waals surface area contributed by atoms with Crippen LogP contribution in [0.3, 0.4) is 0 Å². The van der Waals surface area contributed by atoms with Crippen LogP contribution in [0.1, 0.15) is 5.56 Å². The lowest BCUT2D eigenvalue weighted by Crippen LogP contribution is -1.95. The Kier molecular flexibility index (Phi) is 4.23. The maximum Gasteiger partial charge on any atom is 0.124 e. The minimum atomic E-state index is 0.434. The molecule has 74 valence electrons. The Labute approximate surface area is 87.1 Å². The molecule has 14 heavy (non-hydrogen) atoms. The molecule has 0 atom stereocenters. The van der Waals surface area contributed by atoms with Crippen LogP contribution in [0.25, 0.3) is 0 Å². The molecule has 2 N–H and O–H groups in total. The molecule has 0 amide bonds. The molecule has 0 aliphatic carbocycles. The molecule has 1 rings (SSSR count). The van der Waals surface area contributed by atoms with Gasteiger partial charge in [-0.3, -0.25) is 0 Å². The quantitative estimate of drug-likeness (QED) is 0.597. The lowest BCUT2D eigenvalue weighted by molar-refractivity contribution is 0.218. The molecular formula is C9H11N3OS. The summed E-state index contributed by atoms with van der Waals surface area (Å²) in [6.45, 7) is 0.651. The number of hydrogen-bond acceptors (Lipinski definition) is 5. The first-order chi connectivity index (χ1) is 6.77. The summed E-state index contributed by atoms with van der Waals surface area (Å²) in [5, 5.41) is 8.79. The molecule has 1 heterocycles. The second-order valence-electron chi connectivity index (χ2n) is 2.56. The summed E-state index contributed by atoms with van der Waals surface area (Å²) >= 11 is 1.54. The number of ether oxygens (including phenoxy) is 1. The Morgan fingerprint density at radius 2 is 2.50 bits per heavy atom. The molecule has 1 aromatic rings. The highest BCUT2D eigenvalue weighted by molar-refractivity contribution is 7.99. The highest BCUT2D eigenvalue weighted by Crippen LogP contribution is 2.22. The number of aromatic nitrogens is 1. The molecule has 1 aromatic heterocycles. The van der Waals surface area contributed by atoms with Crippen molar-refractivity contribution >= 4 is 17.6 Å². The lowest BCUT2D eigenvalue weighted by atomic mass is 10.3. The van der Waals surface area contributed by atoms with E-state index >= 15 is 0 Å². The highest BCUT2D eigenvalue weighted by Gasteiger charge is 2.03. The van der Waals surface area contributed by atoms with Crippen LogP contribution in [0.15, 0.2) is 17.2 Å². The van der Waals surface area contributed by atoms with Gasteiger partial charge in [-0.05, 0) is 6.07 Å². The second-order valence-corrected chi connectivity index (χ2v) is 3.70. The van der Waals surface area contributed by atoms with Crippen molar-refractivity contribution in [3.05, 3.63) is 17.8 Å². The van der Waals surface area contributed by atoms with E-state index in [1.807, 2.05) is 0 Å². The number of nitrogens with two attached hydrogens (primary N) is 1. The molecule has 0 unspecified atom stereocenters. The zero-order valence-corrected chi connectivity index (χ0v) is 8.67. The molecule has 0 fully saturated rings. The van der Waals surface area contributed by atoms with E-state index in [1.165, 1.54) is 6.20 Å². The van der Waals surface area contributed by atoms with Crippen LogP contribution < -0.4 is 5.73 Å². The van der Waals surface area contributed by atoms with Gasteiger partial charge in [-0.2, -0.15) is 5.26 Å². The first-order valence-electron chi connectivity index (χ1n) is 4.05. The summed E-state index contributed by atoms with van der Waals surface area (Å²) in [7, 11) is 1.65. The first-order valence-corrected chi connectivity index (χ1v) is 5.04. The number of hydrogen-bond donors (Lipinski definition) is 1. The van der Waals surface area contributed by atoms with Crippen molar-refractivity contribution in [3.8, 4) is 6.07 Å². The van der Waals surface area contributed by atoms with Crippen molar-refractivity contribution < 1.29 is 4.74 Å². The fraction of sp³-hybridized carbons (Fsp3) is 0.333. The van der Waals surface area contributed by atoms with E-state index in [9.17, 15) is 0 Å². The topological polar surface area (TPSA) is 71.9 Å². The SMILES string of the molecule is COCCSc1cc(N)ncc1C#N. The summed E-state index contributed by atoms with van der Waals surface area (Å²) in [6, 6.07) is 3.78. The van der Waals surface area contributed by atoms with E-state index in [4.69, 9.17) is 15.7 Å². The van der Waals surface area contributed by atoms with Gasteiger partial charge in [0.1, 0.15) is 11.9 Å². The molecule has 0 spiro atoms. The third-order valence-electron chi connectivity index (χ3n) is 1.55. The van der Waals surface area contributed by atoms with Crippen molar-refractivity contribution in [2.45, 2.75) is 4.90 Å². The third-order valence-corrected chi connectivity index (χ3v) is 2.57. The maximum absolute atomic E-state index is 8.79. The van der Waals surface area contributed by atoms with Gasteiger partial charge in [0.15, 0.2) is 0 Å². The number of anilines is 1. The van der Waals surface area contributed by atoms with E-state index in [2.05, 4.69) is 11.1 Å². The van der Waals surface area contributed by atoms with Gasteiger partial charge in [0.05, 0.1) is 12.2 Å². The molecule has 5 heteroatoms. The summed E-state index contributed by atoms with van der Waals surface area (Å²) in [6.07, 6.45) is 1.49. The van der Waals surface area contributed by atoms with E-state index in [0.717, 1.165) is 10.6 Å². The summed E-state index contributed by atoms with van der Waals surface area (Å²) in [5.41, 5.74) is 6.08. The number of nitrogen functional groups attached to an aromatic ring is 1. The first kappa shape index (κ1) is 10.8. The van der Waals surface area contributed by atoms with Crippen LogP contribution in [0.2, 0.25) is 0 Å². The highest BCUT2D eigenvalue weighted by atomic mass is 32.2. The summed E-state index contributed by atoms with van der Waals surface area (Å²) in [5.74, 6) is 1.23. The number of methoxy groups -OCH3 is 1. The molecule has 4 nitrogen and oxygen atoms in total. The van der Waals surface area contributed by atoms with Crippen molar-refractivity contribution in [2.24, 2.45) is 0 Å². The fourth-order valence-electron chi connectivity index (χ4n) is 0.890. The summed E-state index contributed by atoms with van der Waals surface area (Å²) < 4.78 is 4.92. The molecule has 0 aromatic carbocycles. The number of thioether (sulfide) groups is 1. The van der Waals surface area contributed by atoms with E-state index in [1.54, 1.807) is 24.9 Å². The monoisotopic (exact) mass is 209 g/mol. The van der Waals surface area contributed by atoms with Crippen molar-refractivity contribution in [1.82, 2.24) is 4.98 Å². The van der Waals surface area contributed by atoms with E-state index < -0.39 is 0 Å². The number of nitrogens with zero attached hydrogens (tertiary/aromatic N) is 2. The second kappa shape index (κ2) is 5.47. The maximum atomic E-state index is 8.79. The van der Waals surface area contributed by atoms with Gasteiger partial charge in [0, 0.05) is 24.0 Å². The van der Waals surface area contributed by atoms with Gasteiger partial charge >= 0.3 is 0 Å². The molecule has 0 saturated carbocycles. The minimum Gasteiger partial charge on any atom is -0.384 e. The zero-order chi connectivity index (χ0) is 10.4. The third kappa shape index (κ3) is 2.91. The zero-order valence-electron chi connectivity index (χ0n) is 7.86. The lowest BCUT2D eigenvalue weighted by Gasteiger charge is -2.03. The number of pyridine rings is 1. The summed E-state index contributed by atoms with van der Waals surface area (Å²) in [4.78, 5) is 4.71. The predicted molar refractivity (Wildman–Crippen MR) is 56.0 cm³/mol. The van der Waals surface area contributed by atoms with Gasteiger partial charge in [0.2, 0.25) is 0 Å². The molecular weight excluding hydrogens is 198 g/mol. The van der Waals surface area contributed by atoms with Crippen LogP contribution in [0.5, 0.6) is 0 Å². The molecule has 0 radical (unpaired) electrons. The van der Waals surface area contributed by atoms with Crippen molar-refractivity contribution in [3.63, 3.8) is 0 Å². The Balaban J connectivity index is 2.73. The largest absolute Gasteiger partial charge is 0.384 e. The average Bonchev–Trinajstić information content (AvgIpc) is 2.19. The molecule has 0 saturated heterocycles. The molecule has 0 aliphatic heterocycles. The van der Waals surface area contributed by atoms with Crippen LogP contribution in [-0.2, 0) is 4.74 Å². The van der Waals surface area contributed by atoms with Crippen LogP contribution in [0.4, 0.5) is 5.82 Å². The van der Waals surface area contributed by atoms with Crippen molar-refractivity contribution in [1.29, 1.82) is 5.26 Å². The van der Waals surface area contributed by atoms with Crippen molar-refractivity contribution in [2.75, 3.05) is 25.2 Å². The number of rotatable bonds is 4. The Morgan fingerprint density at radius 1 is 1.71 bits per heavy atom. The van der Waals surface area contributed by atoms with E-state index in [0.29, 0.717) is 18.0 Å². The fourth-order valence-corrected chi connectivity index (χ4v) is 1.82. The minimum absolute atomic E-state index is 0.434. The Bertz CT molecular complexity index is 348. The Morgan fingerprint density at radius 3 is 3.14 bits per heavy atom. The van der Waals surface area contributed by atoms with Crippen LogP contribution >= 0.6 is 11.8 Å². The molecule has 0 aliphatic rings. The van der Waals surface area contributed by atoms with Crippen LogP contribution in [-0.4, -0.2) is 24.5 Å². The van der Waals surface area contributed by atoms with Gasteiger partial charge in [-0.15, -0.1) is 11.8 Å². The smallest absolute Gasteiger partial charge is 0.124 e.